The Labute approximate surface area is 130 Å². The highest BCUT2D eigenvalue weighted by molar-refractivity contribution is 9.10. The van der Waals surface area contributed by atoms with Crippen LogP contribution in [0.3, 0.4) is 0 Å². The van der Waals surface area contributed by atoms with Crippen molar-refractivity contribution < 1.29 is 13.2 Å². The molecule has 1 saturated heterocycles. The Bertz CT molecular complexity index is 630. The van der Waals surface area contributed by atoms with Gasteiger partial charge in [-0.2, -0.15) is 12.7 Å². The van der Waals surface area contributed by atoms with Crippen molar-refractivity contribution in [2.24, 2.45) is 5.14 Å². The number of carbonyl (C=O) groups is 1. The molecule has 1 aromatic rings. The quantitative estimate of drug-likeness (QED) is 0.830. The molecule has 6 nitrogen and oxygen atoms in total. The van der Waals surface area contributed by atoms with Crippen LogP contribution in [0.2, 0.25) is 5.02 Å². The number of carbonyl (C=O) groups excluding carboxylic acids is 1. The van der Waals surface area contributed by atoms with Crippen molar-refractivity contribution >= 4 is 43.6 Å². The molecule has 0 radical (unpaired) electrons. The number of halogens is 2. The monoisotopic (exact) mass is 381 g/mol. The molecule has 0 spiro atoms. The van der Waals surface area contributed by atoms with E-state index in [2.05, 4.69) is 15.9 Å². The third-order valence-corrected chi connectivity index (χ3v) is 4.94. The van der Waals surface area contributed by atoms with Crippen LogP contribution in [0.1, 0.15) is 10.4 Å². The van der Waals surface area contributed by atoms with E-state index in [1.54, 1.807) is 23.1 Å². The third-order valence-electron chi connectivity index (χ3n) is 3.05. The van der Waals surface area contributed by atoms with E-state index in [0.717, 1.165) is 8.78 Å². The van der Waals surface area contributed by atoms with Gasteiger partial charge in [0, 0.05) is 30.7 Å². The van der Waals surface area contributed by atoms with Crippen molar-refractivity contribution in [2.75, 3.05) is 26.2 Å². The molecular formula is C11H13BrClN3O3S. The highest BCUT2D eigenvalue weighted by Gasteiger charge is 2.27. The summed E-state index contributed by atoms with van der Waals surface area (Å²) in [7, 11) is -3.69. The fraction of sp³-hybridized carbons (Fsp3) is 0.364. The molecule has 1 fully saturated rings. The van der Waals surface area contributed by atoms with Crippen molar-refractivity contribution in [1.29, 1.82) is 0 Å². The lowest BCUT2D eigenvalue weighted by Gasteiger charge is -2.33. The minimum absolute atomic E-state index is 0.193. The Morgan fingerprint density at radius 2 is 1.85 bits per heavy atom. The first-order valence-electron chi connectivity index (χ1n) is 5.81. The topological polar surface area (TPSA) is 83.7 Å². The van der Waals surface area contributed by atoms with Gasteiger partial charge in [0.2, 0.25) is 0 Å². The molecular weight excluding hydrogens is 370 g/mol. The predicted octanol–water partition coefficient (Wildman–Crippen LogP) is 1.06. The van der Waals surface area contributed by atoms with Gasteiger partial charge in [0.15, 0.2) is 0 Å². The van der Waals surface area contributed by atoms with Crippen molar-refractivity contribution in [3.63, 3.8) is 0 Å². The smallest absolute Gasteiger partial charge is 0.277 e. The molecule has 0 aromatic heterocycles. The van der Waals surface area contributed by atoms with E-state index in [0.29, 0.717) is 23.7 Å². The molecule has 9 heteroatoms. The molecule has 1 aliphatic heterocycles. The molecule has 1 aliphatic rings. The summed E-state index contributed by atoms with van der Waals surface area (Å²) in [6.07, 6.45) is 0. The lowest BCUT2D eigenvalue weighted by atomic mass is 10.2. The van der Waals surface area contributed by atoms with Crippen LogP contribution in [0.25, 0.3) is 0 Å². The molecule has 110 valence electrons. The zero-order valence-corrected chi connectivity index (χ0v) is 13.6. The normalized spacial score (nSPS) is 17.2. The number of nitrogens with two attached hydrogens (primary N) is 1. The van der Waals surface area contributed by atoms with Gasteiger partial charge in [0.1, 0.15) is 0 Å². The third kappa shape index (κ3) is 3.50. The maximum Gasteiger partial charge on any atom is 0.277 e. The van der Waals surface area contributed by atoms with Crippen molar-refractivity contribution in [3.05, 3.63) is 33.3 Å². The van der Waals surface area contributed by atoms with E-state index in [4.69, 9.17) is 16.7 Å². The van der Waals surface area contributed by atoms with E-state index in [1.165, 1.54) is 0 Å². The number of hydrogen-bond donors (Lipinski definition) is 1. The van der Waals surface area contributed by atoms with Gasteiger partial charge in [-0.05, 0) is 18.2 Å². The van der Waals surface area contributed by atoms with Gasteiger partial charge in [0.05, 0.1) is 10.6 Å². The van der Waals surface area contributed by atoms with E-state index in [-0.39, 0.29) is 19.0 Å². The minimum Gasteiger partial charge on any atom is -0.336 e. The number of amides is 1. The van der Waals surface area contributed by atoms with Crippen LogP contribution in [-0.4, -0.2) is 49.7 Å². The first-order chi connectivity index (χ1) is 9.29. The first kappa shape index (κ1) is 15.7. The fourth-order valence-electron chi connectivity index (χ4n) is 1.98. The molecule has 0 saturated carbocycles. The molecule has 0 bridgehead atoms. The molecule has 20 heavy (non-hydrogen) atoms. The van der Waals surface area contributed by atoms with Gasteiger partial charge < -0.3 is 4.90 Å². The highest BCUT2D eigenvalue weighted by Crippen LogP contribution is 2.23. The fourth-order valence-corrected chi connectivity index (χ4v) is 3.41. The second-order valence-corrected chi connectivity index (χ2v) is 7.23. The number of piperazine rings is 1. The standard InChI is InChI=1S/C11H13BrClN3O3S/c12-8-1-2-9(10(13)7-8)11(17)15-3-5-16(6-4-15)20(14,18)19/h1-2,7H,3-6H2,(H2,14,18,19). The Morgan fingerprint density at radius 1 is 1.25 bits per heavy atom. The van der Waals surface area contributed by atoms with Crippen LogP contribution in [0.15, 0.2) is 22.7 Å². The summed E-state index contributed by atoms with van der Waals surface area (Å²) in [5.74, 6) is -0.212. The highest BCUT2D eigenvalue weighted by atomic mass is 79.9. The molecule has 1 amide bonds. The second kappa shape index (κ2) is 5.98. The minimum atomic E-state index is -3.69. The summed E-state index contributed by atoms with van der Waals surface area (Å²) < 4.78 is 24.3. The Balaban J connectivity index is 2.09. The summed E-state index contributed by atoms with van der Waals surface area (Å²) in [5.41, 5.74) is 0.402. The van der Waals surface area contributed by atoms with Crippen molar-refractivity contribution in [2.45, 2.75) is 0 Å². The molecule has 1 heterocycles. The van der Waals surface area contributed by atoms with Gasteiger partial charge in [0.25, 0.3) is 16.1 Å². The predicted molar refractivity (Wildman–Crippen MR) is 79.7 cm³/mol. The lowest BCUT2D eigenvalue weighted by Crippen LogP contribution is -2.52. The van der Waals surface area contributed by atoms with E-state index >= 15 is 0 Å². The van der Waals surface area contributed by atoms with Crippen LogP contribution in [0.5, 0.6) is 0 Å². The largest absolute Gasteiger partial charge is 0.336 e. The van der Waals surface area contributed by atoms with E-state index in [9.17, 15) is 13.2 Å². The SMILES string of the molecule is NS(=O)(=O)N1CCN(C(=O)c2ccc(Br)cc2Cl)CC1. The molecule has 0 unspecified atom stereocenters. The average molecular weight is 383 g/mol. The van der Waals surface area contributed by atoms with Crippen LogP contribution < -0.4 is 5.14 Å². The Morgan fingerprint density at radius 3 is 2.35 bits per heavy atom. The molecule has 0 atom stereocenters. The maximum atomic E-state index is 12.3. The summed E-state index contributed by atoms with van der Waals surface area (Å²) in [6.45, 7) is 0.973. The van der Waals surface area contributed by atoms with E-state index in [1.807, 2.05) is 0 Å². The molecule has 2 rings (SSSR count). The van der Waals surface area contributed by atoms with Crippen LogP contribution >= 0.6 is 27.5 Å². The number of rotatable bonds is 2. The zero-order chi connectivity index (χ0) is 14.9. The molecule has 2 N–H and O–H groups in total. The van der Waals surface area contributed by atoms with Gasteiger partial charge >= 0.3 is 0 Å². The zero-order valence-electron chi connectivity index (χ0n) is 10.4. The second-order valence-electron chi connectivity index (χ2n) is 4.36. The summed E-state index contributed by atoms with van der Waals surface area (Å²) in [6, 6.07) is 5.02. The Hall–Kier alpha value is -0.670. The Kier molecular flexibility index (Phi) is 4.70. The number of nitrogens with zero attached hydrogens (tertiary/aromatic N) is 2. The lowest BCUT2D eigenvalue weighted by molar-refractivity contribution is 0.0698. The first-order valence-corrected chi connectivity index (χ1v) is 8.48. The summed E-state index contributed by atoms with van der Waals surface area (Å²) in [5, 5.41) is 5.41. The van der Waals surface area contributed by atoms with Crippen molar-refractivity contribution in [3.8, 4) is 0 Å². The number of hydrogen-bond acceptors (Lipinski definition) is 3. The summed E-state index contributed by atoms with van der Waals surface area (Å²) >= 11 is 9.32. The molecule has 0 aliphatic carbocycles. The summed E-state index contributed by atoms with van der Waals surface area (Å²) in [4.78, 5) is 13.9. The van der Waals surface area contributed by atoms with Crippen molar-refractivity contribution in [1.82, 2.24) is 9.21 Å². The van der Waals surface area contributed by atoms with Gasteiger partial charge in [-0.15, -0.1) is 0 Å². The van der Waals surface area contributed by atoms with Gasteiger partial charge in [-0.3, -0.25) is 4.79 Å². The number of benzene rings is 1. The van der Waals surface area contributed by atoms with Gasteiger partial charge in [-0.25, -0.2) is 5.14 Å². The van der Waals surface area contributed by atoms with Crippen LogP contribution in [0.4, 0.5) is 0 Å². The van der Waals surface area contributed by atoms with Gasteiger partial charge in [-0.1, -0.05) is 27.5 Å². The van der Waals surface area contributed by atoms with Crippen LogP contribution in [-0.2, 0) is 10.2 Å². The molecule has 1 aromatic carbocycles. The van der Waals surface area contributed by atoms with E-state index < -0.39 is 10.2 Å². The average Bonchev–Trinajstić information content (AvgIpc) is 2.37. The van der Waals surface area contributed by atoms with Crippen LogP contribution in [0, 0.1) is 0 Å². The maximum absolute atomic E-state index is 12.3.